The SMILES string of the molecule is C[C@H]1COC(C(C)(C)C)[C@H](C)N1C(=O)O. The molecule has 1 amide bonds. The Hall–Kier alpha value is -0.770. The molecule has 0 spiro atoms. The molecule has 0 radical (unpaired) electrons. The fourth-order valence-corrected chi connectivity index (χ4v) is 2.35. The second-order valence-electron chi connectivity index (χ2n) is 5.40. The highest BCUT2D eigenvalue weighted by atomic mass is 16.5. The lowest BCUT2D eigenvalue weighted by molar-refractivity contribution is -0.123. The van der Waals surface area contributed by atoms with Crippen molar-refractivity contribution < 1.29 is 14.6 Å². The molecule has 1 heterocycles. The number of nitrogens with zero attached hydrogens (tertiary/aromatic N) is 1. The number of rotatable bonds is 0. The van der Waals surface area contributed by atoms with Gasteiger partial charge in [0.05, 0.1) is 24.8 Å². The summed E-state index contributed by atoms with van der Waals surface area (Å²) in [6, 6.07) is -0.151. The van der Waals surface area contributed by atoms with Crippen molar-refractivity contribution in [2.24, 2.45) is 5.41 Å². The molecule has 1 saturated heterocycles. The van der Waals surface area contributed by atoms with Gasteiger partial charge < -0.3 is 9.84 Å². The van der Waals surface area contributed by atoms with E-state index in [0.717, 1.165) is 0 Å². The summed E-state index contributed by atoms with van der Waals surface area (Å²) in [4.78, 5) is 12.6. The first kappa shape index (κ1) is 12.3. The van der Waals surface area contributed by atoms with Gasteiger partial charge in [0, 0.05) is 0 Å². The highest BCUT2D eigenvalue weighted by Crippen LogP contribution is 2.31. The molecular formula is C11H21NO3. The summed E-state index contributed by atoms with van der Waals surface area (Å²) in [5.41, 5.74) is -0.0345. The highest BCUT2D eigenvalue weighted by molar-refractivity contribution is 5.66. The molecular weight excluding hydrogens is 194 g/mol. The number of morpholine rings is 1. The Morgan fingerprint density at radius 2 is 1.93 bits per heavy atom. The maximum absolute atomic E-state index is 11.1. The van der Waals surface area contributed by atoms with E-state index in [2.05, 4.69) is 20.8 Å². The molecule has 0 saturated carbocycles. The van der Waals surface area contributed by atoms with E-state index in [1.54, 1.807) is 0 Å². The van der Waals surface area contributed by atoms with Gasteiger partial charge in [0.15, 0.2) is 0 Å². The molecule has 3 atom stereocenters. The van der Waals surface area contributed by atoms with Crippen LogP contribution >= 0.6 is 0 Å². The molecule has 1 fully saturated rings. The minimum Gasteiger partial charge on any atom is -0.465 e. The molecule has 0 bridgehead atoms. The van der Waals surface area contributed by atoms with E-state index in [1.807, 2.05) is 13.8 Å². The number of carboxylic acid groups (broad SMARTS) is 1. The van der Waals surface area contributed by atoms with Crippen LogP contribution in [0.5, 0.6) is 0 Å². The zero-order valence-electron chi connectivity index (χ0n) is 10.2. The van der Waals surface area contributed by atoms with Crippen LogP contribution in [0.15, 0.2) is 0 Å². The van der Waals surface area contributed by atoms with Gasteiger partial charge in [-0.3, -0.25) is 4.90 Å². The molecule has 15 heavy (non-hydrogen) atoms. The summed E-state index contributed by atoms with van der Waals surface area (Å²) in [7, 11) is 0. The number of amides is 1. The van der Waals surface area contributed by atoms with E-state index >= 15 is 0 Å². The molecule has 1 unspecified atom stereocenters. The third-order valence-electron chi connectivity index (χ3n) is 2.94. The molecule has 1 aliphatic heterocycles. The van der Waals surface area contributed by atoms with E-state index in [0.29, 0.717) is 6.61 Å². The molecule has 4 heteroatoms. The van der Waals surface area contributed by atoms with Crippen molar-refractivity contribution in [3.8, 4) is 0 Å². The van der Waals surface area contributed by atoms with Crippen molar-refractivity contribution in [2.75, 3.05) is 6.61 Å². The average molecular weight is 215 g/mol. The Bertz CT molecular complexity index is 247. The Kier molecular flexibility index (Phi) is 3.28. The quantitative estimate of drug-likeness (QED) is 0.674. The number of carbonyl (C=O) groups is 1. The van der Waals surface area contributed by atoms with E-state index in [-0.39, 0.29) is 23.6 Å². The second kappa shape index (κ2) is 4.00. The van der Waals surface area contributed by atoms with Gasteiger partial charge in [-0.1, -0.05) is 20.8 Å². The third-order valence-corrected chi connectivity index (χ3v) is 2.94. The minimum absolute atomic E-state index is 0.0345. The van der Waals surface area contributed by atoms with Crippen LogP contribution in [0.2, 0.25) is 0 Å². The van der Waals surface area contributed by atoms with Crippen molar-refractivity contribution in [3.05, 3.63) is 0 Å². The minimum atomic E-state index is -0.854. The molecule has 1 N–H and O–H groups in total. The van der Waals surface area contributed by atoms with Crippen LogP contribution in [0.3, 0.4) is 0 Å². The van der Waals surface area contributed by atoms with E-state index < -0.39 is 6.09 Å². The van der Waals surface area contributed by atoms with Gasteiger partial charge in [-0.2, -0.15) is 0 Å². The Balaban J connectivity index is 2.86. The largest absolute Gasteiger partial charge is 0.465 e. The van der Waals surface area contributed by atoms with Gasteiger partial charge in [0.1, 0.15) is 0 Å². The van der Waals surface area contributed by atoms with Crippen LogP contribution in [0.1, 0.15) is 34.6 Å². The predicted octanol–water partition coefficient (Wildman–Crippen LogP) is 2.19. The summed E-state index contributed by atoms with van der Waals surface area (Å²) in [5.74, 6) is 0. The lowest BCUT2D eigenvalue weighted by Gasteiger charge is -2.46. The maximum atomic E-state index is 11.1. The topological polar surface area (TPSA) is 49.8 Å². The van der Waals surface area contributed by atoms with Crippen LogP contribution in [0, 0.1) is 5.41 Å². The van der Waals surface area contributed by atoms with E-state index in [1.165, 1.54) is 4.90 Å². The van der Waals surface area contributed by atoms with Crippen LogP contribution in [-0.4, -0.2) is 40.9 Å². The third kappa shape index (κ3) is 2.43. The molecule has 1 rings (SSSR count). The van der Waals surface area contributed by atoms with Crippen LogP contribution in [0.4, 0.5) is 4.79 Å². The zero-order chi connectivity index (χ0) is 11.8. The molecule has 0 aromatic heterocycles. The average Bonchev–Trinajstić information content (AvgIpc) is 2.00. The van der Waals surface area contributed by atoms with Gasteiger partial charge in [0.2, 0.25) is 0 Å². The fourth-order valence-electron chi connectivity index (χ4n) is 2.35. The summed E-state index contributed by atoms with van der Waals surface area (Å²) in [5, 5.41) is 9.13. The van der Waals surface area contributed by atoms with Crippen molar-refractivity contribution in [3.63, 3.8) is 0 Å². The van der Waals surface area contributed by atoms with Crippen LogP contribution in [0.25, 0.3) is 0 Å². The summed E-state index contributed by atoms with van der Waals surface area (Å²) < 4.78 is 5.74. The Morgan fingerprint density at radius 3 is 2.33 bits per heavy atom. The van der Waals surface area contributed by atoms with Crippen LogP contribution < -0.4 is 0 Å². The molecule has 88 valence electrons. The molecule has 4 nitrogen and oxygen atoms in total. The van der Waals surface area contributed by atoms with Crippen molar-refractivity contribution in [1.82, 2.24) is 4.90 Å². The zero-order valence-corrected chi connectivity index (χ0v) is 10.2. The normalized spacial score (nSPS) is 32.9. The summed E-state index contributed by atoms with van der Waals surface area (Å²) >= 11 is 0. The van der Waals surface area contributed by atoms with Gasteiger partial charge in [-0.25, -0.2) is 4.79 Å². The first-order valence-corrected chi connectivity index (χ1v) is 5.38. The van der Waals surface area contributed by atoms with Gasteiger partial charge in [-0.05, 0) is 19.3 Å². The summed E-state index contributed by atoms with van der Waals surface area (Å²) in [6.07, 6.45) is -0.891. The molecule has 0 aromatic carbocycles. The lowest BCUT2D eigenvalue weighted by atomic mass is 9.83. The first-order chi connectivity index (χ1) is 6.75. The van der Waals surface area contributed by atoms with Gasteiger partial charge in [0.25, 0.3) is 0 Å². The van der Waals surface area contributed by atoms with Crippen molar-refractivity contribution in [2.45, 2.75) is 52.8 Å². The van der Waals surface area contributed by atoms with Gasteiger partial charge >= 0.3 is 6.09 Å². The van der Waals surface area contributed by atoms with Gasteiger partial charge in [-0.15, -0.1) is 0 Å². The molecule has 0 aliphatic carbocycles. The fraction of sp³-hybridized carbons (Fsp3) is 0.909. The van der Waals surface area contributed by atoms with E-state index in [9.17, 15) is 4.79 Å². The highest BCUT2D eigenvalue weighted by Gasteiger charge is 2.41. The number of hydrogen-bond acceptors (Lipinski definition) is 2. The standard InChI is InChI=1S/C11H21NO3/c1-7-6-15-9(11(3,4)5)8(2)12(7)10(13)14/h7-9H,6H2,1-5H3,(H,13,14)/t7-,8-,9?/m0/s1. The van der Waals surface area contributed by atoms with Crippen LogP contribution in [-0.2, 0) is 4.74 Å². The summed E-state index contributed by atoms with van der Waals surface area (Å²) in [6.45, 7) is 10.5. The monoisotopic (exact) mass is 215 g/mol. The molecule has 0 aromatic rings. The van der Waals surface area contributed by atoms with Crippen molar-refractivity contribution in [1.29, 1.82) is 0 Å². The smallest absolute Gasteiger partial charge is 0.407 e. The Morgan fingerprint density at radius 1 is 1.40 bits per heavy atom. The predicted molar refractivity (Wildman–Crippen MR) is 58.0 cm³/mol. The Labute approximate surface area is 91.2 Å². The van der Waals surface area contributed by atoms with Crippen molar-refractivity contribution >= 4 is 6.09 Å². The second-order valence-corrected chi connectivity index (χ2v) is 5.40. The lowest BCUT2D eigenvalue weighted by Crippen LogP contribution is -2.59. The number of ether oxygens (including phenoxy) is 1. The number of hydrogen-bond donors (Lipinski definition) is 1. The van der Waals surface area contributed by atoms with E-state index in [4.69, 9.17) is 9.84 Å². The first-order valence-electron chi connectivity index (χ1n) is 5.38. The maximum Gasteiger partial charge on any atom is 0.407 e. The molecule has 1 aliphatic rings.